The molecular formula is C17H15ClF2O2S. The third-order valence-corrected chi connectivity index (χ3v) is 5.55. The lowest BCUT2D eigenvalue weighted by Crippen LogP contribution is -2.13. The Morgan fingerprint density at radius 2 is 1.78 bits per heavy atom. The van der Waals surface area contributed by atoms with Gasteiger partial charge in [0.1, 0.15) is 16.9 Å². The minimum atomic E-state index is -3.93. The summed E-state index contributed by atoms with van der Waals surface area (Å²) in [6.07, 6.45) is 3.56. The van der Waals surface area contributed by atoms with Crippen LogP contribution in [-0.4, -0.2) is 8.42 Å². The highest BCUT2D eigenvalue weighted by atomic mass is 35.5. The van der Waals surface area contributed by atoms with Gasteiger partial charge in [0, 0.05) is 10.6 Å². The maximum Gasteiger partial charge on any atom is 0.189 e. The molecular weight excluding hydrogens is 342 g/mol. The Labute approximate surface area is 139 Å². The third-order valence-electron chi connectivity index (χ3n) is 3.29. The molecule has 0 saturated heterocycles. The summed E-state index contributed by atoms with van der Waals surface area (Å²) in [5, 5.41) is -0.916. The standard InChI is InChI=1S/C17H15ClF2O2S/c1-2-3-4-17(15-11-13(19)7-10-16(15)20)23(21,22)14-8-5-12(18)6-9-14/h3-11,17H,2H2,1H3. The second-order valence-electron chi connectivity index (χ2n) is 4.92. The molecule has 0 aliphatic rings. The van der Waals surface area contributed by atoms with Crippen molar-refractivity contribution in [3.8, 4) is 0 Å². The molecule has 0 fully saturated rings. The minimum Gasteiger partial charge on any atom is -0.223 e. The summed E-state index contributed by atoms with van der Waals surface area (Å²) in [4.78, 5) is -0.00341. The molecule has 2 aromatic carbocycles. The van der Waals surface area contributed by atoms with E-state index in [1.54, 1.807) is 6.08 Å². The summed E-state index contributed by atoms with van der Waals surface area (Å²) in [5.74, 6) is -1.46. The Morgan fingerprint density at radius 1 is 1.13 bits per heavy atom. The lowest BCUT2D eigenvalue weighted by molar-refractivity contribution is 0.571. The number of hydrogen-bond acceptors (Lipinski definition) is 2. The average molecular weight is 357 g/mol. The fourth-order valence-corrected chi connectivity index (χ4v) is 3.91. The van der Waals surface area contributed by atoms with E-state index in [2.05, 4.69) is 0 Å². The van der Waals surface area contributed by atoms with Gasteiger partial charge in [0.05, 0.1) is 4.90 Å². The molecule has 0 aliphatic carbocycles. The van der Waals surface area contributed by atoms with Crippen molar-refractivity contribution in [2.45, 2.75) is 23.5 Å². The molecule has 0 saturated carbocycles. The van der Waals surface area contributed by atoms with Crippen molar-refractivity contribution in [2.75, 3.05) is 0 Å². The van der Waals surface area contributed by atoms with Crippen molar-refractivity contribution in [1.29, 1.82) is 0 Å². The van der Waals surface area contributed by atoms with Gasteiger partial charge in [-0.1, -0.05) is 30.7 Å². The summed E-state index contributed by atoms with van der Waals surface area (Å²) in [6, 6.07) is 8.37. The molecule has 0 aliphatic heterocycles. The van der Waals surface area contributed by atoms with E-state index < -0.39 is 26.7 Å². The van der Waals surface area contributed by atoms with Crippen LogP contribution in [0.3, 0.4) is 0 Å². The summed E-state index contributed by atoms with van der Waals surface area (Å²) < 4.78 is 53.2. The van der Waals surface area contributed by atoms with Crippen LogP contribution in [0, 0.1) is 11.6 Å². The lowest BCUT2D eigenvalue weighted by Gasteiger charge is -2.16. The highest BCUT2D eigenvalue weighted by molar-refractivity contribution is 7.91. The average Bonchev–Trinajstić information content (AvgIpc) is 2.51. The van der Waals surface area contributed by atoms with E-state index in [4.69, 9.17) is 11.6 Å². The van der Waals surface area contributed by atoms with Gasteiger partial charge in [0.15, 0.2) is 9.84 Å². The van der Waals surface area contributed by atoms with Crippen LogP contribution in [0.15, 0.2) is 59.5 Å². The normalized spacial score (nSPS) is 13.4. The summed E-state index contributed by atoms with van der Waals surface area (Å²) in [7, 11) is -3.93. The fourth-order valence-electron chi connectivity index (χ4n) is 2.14. The number of hydrogen-bond donors (Lipinski definition) is 0. The van der Waals surface area contributed by atoms with Gasteiger partial charge in [0.25, 0.3) is 0 Å². The monoisotopic (exact) mass is 356 g/mol. The van der Waals surface area contributed by atoms with Gasteiger partial charge < -0.3 is 0 Å². The van der Waals surface area contributed by atoms with Crippen LogP contribution in [0.1, 0.15) is 24.2 Å². The van der Waals surface area contributed by atoms with E-state index in [1.807, 2.05) is 6.92 Å². The second kappa shape index (κ2) is 7.23. The summed E-state index contributed by atoms with van der Waals surface area (Å²) in [5.41, 5.74) is -0.218. The van der Waals surface area contributed by atoms with Gasteiger partial charge in [-0.2, -0.15) is 0 Å². The van der Waals surface area contributed by atoms with Crippen LogP contribution in [0.2, 0.25) is 5.02 Å². The Balaban J connectivity index is 2.60. The third kappa shape index (κ3) is 3.98. The number of halogens is 3. The smallest absolute Gasteiger partial charge is 0.189 e. The van der Waals surface area contributed by atoms with E-state index >= 15 is 0 Å². The first kappa shape index (κ1) is 17.6. The molecule has 2 aromatic rings. The molecule has 2 rings (SSSR count). The number of rotatable bonds is 5. The van der Waals surface area contributed by atoms with E-state index in [-0.39, 0.29) is 10.5 Å². The Hall–Kier alpha value is -1.72. The highest BCUT2D eigenvalue weighted by Gasteiger charge is 2.29. The van der Waals surface area contributed by atoms with Crippen LogP contribution in [0.25, 0.3) is 0 Å². The zero-order valence-corrected chi connectivity index (χ0v) is 13.9. The quantitative estimate of drug-likeness (QED) is 0.698. The Bertz CT molecular complexity index is 815. The van der Waals surface area contributed by atoms with Crippen molar-refractivity contribution in [3.05, 3.63) is 76.8 Å². The predicted molar refractivity (Wildman–Crippen MR) is 87.2 cm³/mol. The highest BCUT2D eigenvalue weighted by Crippen LogP contribution is 2.33. The van der Waals surface area contributed by atoms with Crippen LogP contribution in [0.5, 0.6) is 0 Å². The zero-order chi connectivity index (χ0) is 17.0. The SMILES string of the molecule is CCC=CC(c1cc(F)ccc1F)S(=O)(=O)c1ccc(Cl)cc1. The summed E-state index contributed by atoms with van der Waals surface area (Å²) >= 11 is 5.77. The first-order valence-electron chi connectivity index (χ1n) is 6.97. The minimum absolute atomic E-state index is 0.00341. The molecule has 0 amide bonds. The molecule has 122 valence electrons. The summed E-state index contributed by atoms with van der Waals surface area (Å²) in [6.45, 7) is 1.82. The van der Waals surface area contributed by atoms with Crippen LogP contribution >= 0.6 is 11.6 Å². The van der Waals surface area contributed by atoms with E-state index in [0.29, 0.717) is 11.4 Å². The molecule has 0 bridgehead atoms. The molecule has 0 heterocycles. The zero-order valence-electron chi connectivity index (χ0n) is 12.3. The molecule has 0 aromatic heterocycles. The first-order valence-corrected chi connectivity index (χ1v) is 8.89. The van der Waals surface area contributed by atoms with Crippen LogP contribution in [0.4, 0.5) is 8.78 Å². The molecule has 1 atom stereocenters. The number of sulfone groups is 1. The van der Waals surface area contributed by atoms with Gasteiger partial charge in [-0.25, -0.2) is 17.2 Å². The maximum absolute atomic E-state index is 14.1. The fraction of sp³-hybridized carbons (Fsp3) is 0.176. The van der Waals surface area contributed by atoms with Crippen molar-refractivity contribution >= 4 is 21.4 Å². The van der Waals surface area contributed by atoms with Gasteiger partial charge in [-0.15, -0.1) is 0 Å². The molecule has 1 unspecified atom stereocenters. The Kier molecular flexibility index (Phi) is 5.55. The predicted octanol–water partition coefficient (Wildman–Crippen LogP) is 5.10. The largest absolute Gasteiger partial charge is 0.223 e. The molecule has 0 spiro atoms. The van der Waals surface area contributed by atoms with Gasteiger partial charge in [-0.05, 0) is 48.9 Å². The Morgan fingerprint density at radius 3 is 2.39 bits per heavy atom. The van der Waals surface area contributed by atoms with Crippen molar-refractivity contribution in [1.82, 2.24) is 0 Å². The number of benzene rings is 2. The van der Waals surface area contributed by atoms with Crippen LogP contribution < -0.4 is 0 Å². The topological polar surface area (TPSA) is 34.1 Å². The lowest BCUT2D eigenvalue weighted by atomic mass is 10.1. The first-order chi connectivity index (χ1) is 10.9. The van der Waals surface area contributed by atoms with E-state index in [1.165, 1.54) is 30.3 Å². The maximum atomic E-state index is 14.1. The van der Waals surface area contributed by atoms with Gasteiger partial charge >= 0.3 is 0 Å². The second-order valence-corrected chi connectivity index (χ2v) is 7.43. The molecule has 23 heavy (non-hydrogen) atoms. The van der Waals surface area contributed by atoms with Crippen molar-refractivity contribution in [2.24, 2.45) is 0 Å². The van der Waals surface area contributed by atoms with E-state index in [9.17, 15) is 17.2 Å². The number of allylic oxidation sites excluding steroid dienone is 1. The van der Waals surface area contributed by atoms with E-state index in [0.717, 1.165) is 18.2 Å². The molecule has 0 N–H and O–H groups in total. The van der Waals surface area contributed by atoms with Crippen molar-refractivity contribution in [3.63, 3.8) is 0 Å². The molecule has 0 radical (unpaired) electrons. The van der Waals surface area contributed by atoms with Crippen molar-refractivity contribution < 1.29 is 17.2 Å². The molecule has 6 heteroatoms. The van der Waals surface area contributed by atoms with Gasteiger partial charge in [0.2, 0.25) is 0 Å². The van der Waals surface area contributed by atoms with Gasteiger partial charge in [-0.3, -0.25) is 0 Å². The van der Waals surface area contributed by atoms with Crippen LogP contribution in [-0.2, 0) is 9.84 Å². The molecule has 2 nitrogen and oxygen atoms in total.